The summed E-state index contributed by atoms with van der Waals surface area (Å²) in [4.78, 5) is 27.3. The van der Waals surface area contributed by atoms with Gasteiger partial charge in [-0.2, -0.15) is 4.79 Å². The van der Waals surface area contributed by atoms with Crippen LogP contribution in [-0.4, -0.2) is 30.6 Å². The molecule has 0 radical (unpaired) electrons. The van der Waals surface area contributed by atoms with Gasteiger partial charge in [-0.1, -0.05) is 29.8 Å². The highest BCUT2D eigenvalue weighted by molar-refractivity contribution is 7.90. The molecule has 2 aromatic rings. The van der Waals surface area contributed by atoms with E-state index in [0.717, 1.165) is 5.56 Å². The second-order valence-electron chi connectivity index (χ2n) is 5.31. The maximum atomic E-state index is 12.4. The van der Waals surface area contributed by atoms with Crippen molar-refractivity contribution in [3.63, 3.8) is 0 Å². The molecule has 8 heteroatoms. The average molecular weight is 357 g/mol. The number of nitrogens with zero attached hydrogens (tertiary/aromatic N) is 2. The van der Waals surface area contributed by atoms with E-state index in [1.807, 2.05) is 11.6 Å². The normalized spacial score (nSPS) is 10.6. The quantitative estimate of drug-likeness (QED) is 0.381. The van der Waals surface area contributed by atoms with Crippen molar-refractivity contribution in [2.24, 2.45) is 0 Å². The summed E-state index contributed by atoms with van der Waals surface area (Å²) in [5.41, 5.74) is 9.18. The molecule has 1 amide bonds. The number of hydrogen-bond acceptors (Lipinski definition) is 4. The van der Waals surface area contributed by atoms with E-state index in [4.69, 9.17) is 5.53 Å². The summed E-state index contributed by atoms with van der Waals surface area (Å²) in [5.74, 6) is -1.63. The van der Waals surface area contributed by atoms with Gasteiger partial charge >= 0.3 is 5.71 Å². The van der Waals surface area contributed by atoms with Crippen LogP contribution in [0.3, 0.4) is 0 Å². The van der Waals surface area contributed by atoms with Crippen LogP contribution in [0.15, 0.2) is 53.4 Å². The molecule has 0 aromatic heterocycles. The Morgan fingerprint density at radius 2 is 1.56 bits per heavy atom. The fourth-order valence-electron chi connectivity index (χ4n) is 2.07. The molecule has 0 aliphatic carbocycles. The largest absolute Gasteiger partial charge is 0.361 e. The van der Waals surface area contributed by atoms with Crippen LogP contribution in [0, 0.1) is 6.92 Å². The Morgan fingerprint density at radius 3 is 2.12 bits per heavy atom. The first kappa shape index (κ1) is 18.3. The number of carbonyl (C=O) groups excluding carboxylic acids is 2. The first-order chi connectivity index (χ1) is 11.8. The minimum Gasteiger partial charge on any atom is -0.361 e. The summed E-state index contributed by atoms with van der Waals surface area (Å²) in [6.07, 6.45) is 0. The number of hydrogen-bond donors (Lipinski definition) is 1. The Kier molecular flexibility index (Phi) is 5.26. The van der Waals surface area contributed by atoms with Crippen molar-refractivity contribution in [2.45, 2.75) is 18.7 Å². The minimum absolute atomic E-state index is 0.0607. The third-order valence-electron chi connectivity index (χ3n) is 3.45. The molecule has 0 saturated heterocycles. The first-order valence-electron chi connectivity index (χ1n) is 7.22. The van der Waals surface area contributed by atoms with Gasteiger partial charge in [-0.25, -0.2) is 13.1 Å². The fourth-order valence-corrected chi connectivity index (χ4v) is 3.04. The number of sulfonamides is 1. The molecule has 0 bridgehead atoms. The van der Waals surface area contributed by atoms with Gasteiger partial charge in [0, 0.05) is 12.5 Å². The molecule has 0 aliphatic rings. The van der Waals surface area contributed by atoms with Crippen molar-refractivity contribution < 1.29 is 22.8 Å². The van der Waals surface area contributed by atoms with E-state index < -0.39 is 21.7 Å². The molecule has 0 aliphatic heterocycles. The Balaban J connectivity index is 2.37. The standard InChI is InChI=1S/C17H15N3O4S/c1-11-7-9-13(10-8-11)25(23,24)20-17(22)15-6-4-3-5-14(15)16(21)12(2)19-18/h3-10H,1-2H3,(H,20,22). The van der Waals surface area contributed by atoms with Gasteiger partial charge in [0.2, 0.25) is 0 Å². The van der Waals surface area contributed by atoms with Crippen molar-refractivity contribution in [1.29, 1.82) is 0 Å². The van der Waals surface area contributed by atoms with Crippen molar-refractivity contribution in [3.05, 3.63) is 70.8 Å². The molecule has 0 saturated carbocycles. The van der Waals surface area contributed by atoms with Crippen molar-refractivity contribution in [3.8, 4) is 0 Å². The van der Waals surface area contributed by atoms with Crippen LogP contribution in [0.5, 0.6) is 0 Å². The second-order valence-corrected chi connectivity index (χ2v) is 6.99. The van der Waals surface area contributed by atoms with Crippen LogP contribution in [-0.2, 0) is 10.0 Å². The van der Waals surface area contributed by atoms with Crippen molar-refractivity contribution >= 4 is 27.4 Å². The molecule has 0 spiro atoms. The number of benzene rings is 2. The van der Waals surface area contributed by atoms with E-state index in [0.29, 0.717) is 0 Å². The monoisotopic (exact) mass is 357 g/mol. The van der Waals surface area contributed by atoms with Crippen LogP contribution < -0.4 is 4.72 Å². The summed E-state index contributed by atoms with van der Waals surface area (Å²) < 4.78 is 26.6. The maximum Gasteiger partial charge on any atom is 0.336 e. The SMILES string of the molecule is CC(=[N+]=[N-])C(=O)c1ccccc1C(=O)NS(=O)(=O)c1ccc(C)cc1. The van der Waals surface area contributed by atoms with Gasteiger partial charge < -0.3 is 5.53 Å². The molecule has 2 rings (SSSR count). The number of nitrogens with one attached hydrogen (secondary N) is 1. The summed E-state index contributed by atoms with van der Waals surface area (Å²) in [6, 6.07) is 11.7. The van der Waals surface area contributed by atoms with Gasteiger partial charge in [0.15, 0.2) is 0 Å². The van der Waals surface area contributed by atoms with E-state index in [1.165, 1.54) is 43.3 Å². The van der Waals surface area contributed by atoms with Gasteiger partial charge in [-0.3, -0.25) is 9.59 Å². The number of amides is 1. The van der Waals surface area contributed by atoms with Crippen LogP contribution in [0.2, 0.25) is 0 Å². The molecule has 1 N–H and O–H groups in total. The lowest BCUT2D eigenvalue weighted by Gasteiger charge is -2.09. The fraction of sp³-hybridized carbons (Fsp3) is 0.118. The zero-order valence-electron chi connectivity index (χ0n) is 13.6. The average Bonchev–Trinajstić information content (AvgIpc) is 2.60. The summed E-state index contributed by atoms with van der Waals surface area (Å²) in [6.45, 7) is 3.09. The van der Waals surface area contributed by atoms with Gasteiger partial charge in [0.1, 0.15) is 0 Å². The van der Waals surface area contributed by atoms with Gasteiger partial charge in [0.25, 0.3) is 21.7 Å². The summed E-state index contributed by atoms with van der Waals surface area (Å²) >= 11 is 0. The lowest BCUT2D eigenvalue weighted by molar-refractivity contribution is -0.00678. The second kappa shape index (κ2) is 7.21. The number of carbonyl (C=O) groups is 2. The van der Waals surface area contributed by atoms with Crippen molar-refractivity contribution in [1.82, 2.24) is 4.72 Å². The number of rotatable bonds is 5. The zero-order valence-corrected chi connectivity index (χ0v) is 14.4. The van der Waals surface area contributed by atoms with Crippen LogP contribution >= 0.6 is 0 Å². The van der Waals surface area contributed by atoms with E-state index in [1.54, 1.807) is 12.1 Å². The molecule has 25 heavy (non-hydrogen) atoms. The third-order valence-corrected chi connectivity index (χ3v) is 4.80. The Hall–Kier alpha value is -3.09. The van der Waals surface area contributed by atoms with Gasteiger partial charge in [-0.15, -0.1) is 0 Å². The summed E-state index contributed by atoms with van der Waals surface area (Å²) in [7, 11) is -4.08. The highest BCUT2D eigenvalue weighted by Gasteiger charge is 2.25. The number of aryl methyl sites for hydroxylation is 1. The predicted molar refractivity (Wildman–Crippen MR) is 90.9 cm³/mol. The third kappa shape index (κ3) is 4.06. The Morgan fingerprint density at radius 1 is 1.00 bits per heavy atom. The van der Waals surface area contributed by atoms with Crippen LogP contribution in [0.4, 0.5) is 0 Å². The molecule has 128 valence electrons. The van der Waals surface area contributed by atoms with E-state index >= 15 is 0 Å². The molecule has 0 fully saturated rings. The number of Topliss-reactive ketones (excluding diaryl/α,β-unsaturated/α-hetero) is 1. The predicted octanol–water partition coefficient (Wildman–Crippen LogP) is 1.99. The molecular weight excluding hydrogens is 342 g/mol. The van der Waals surface area contributed by atoms with Crippen LogP contribution in [0.1, 0.15) is 33.2 Å². The first-order valence-corrected chi connectivity index (χ1v) is 8.71. The highest BCUT2D eigenvalue weighted by atomic mass is 32.2. The molecule has 0 unspecified atom stereocenters. The van der Waals surface area contributed by atoms with Crippen molar-refractivity contribution in [2.75, 3.05) is 0 Å². The molecule has 0 heterocycles. The van der Waals surface area contributed by atoms with Gasteiger partial charge in [-0.05, 0) is 31.2 Å². The Labute approximate surface area is 145 Å². The Bertz CT molecular complexity index is 989. The topological polar surface area (TPSA) is 117 Å². The molecule has 0 atom stereocenters. The molecule has 7 nitrogen and oxygen atoms in total. The van der Waals surface area contributed by atoms with Gasteiger partial charge in [0.05, 0.1) is 10.5 Å². The van der Waals surface area contributed by atoms with E-state index in [-0.39, 0.29) is 21.7 Å². The van der Waals surface area contributed by atoms with E-state index in [9.17, 15) is 18.0 Å². The summed E-state index contributed by atoms with van der Waals surface area (Å²) in [5, 5.41) is 0. The maximum absolute atomic E-state index is 12.4. The van der Waals surface area contributed by atoms with E-state index in [2.05, 4.69) is 4.79 Å². The zero-order chi connectivity index (χ0) is 18.6. The highest BCUT2D eigenvalue weighted by Crippen LogP contribution is 2.14. The lowest BCUT2D eigenvalue weighted by atomic mass is 10.0. The minimum atomic E-state index is -4.08. The smallest absolute Gasteiger partial charge is 0.336 e. The van der Waals surface area contributed by atoms with Crippen LogP contribution in [0.25, 0.3) is 5.53 Å². The lowest BCUT2D eigenvalue weighted by Crippen LogP contribution is -2.32. The number of ketones is 1. The molecular formula is C17H15N3O4S. The molecule has 2 aromatic carbocycles.